The van der Waals surface area contributed by atoms with Gasteiger partial charge in [0.2, 0.25) is 0 Å². The average Bonchev–Trinajstić information content (AvgIpc) is 2.75. The number of carbonyl (C=O) groups excluding carboxylic acids is 1. The molecule has 0 aliphatic heterocycles. The summed E-state index contributed by atoms with van der Waals surface area (Å²) in [4.78, 5) is 10.3. The summed E-state index contributed by atoms with van der Waals surface area (Å²) >= 11 is 0. The Morgan fingerprint density at radius 2 is 2.33 bits per heavy atom. The van der Waals surface area contributed by atoms with Crippen LogP contribution in [0, 0.1) is 0 Å². The van der Waals surface area contributed by atoms with Gasteiger partial charge in [0.05, 0.1) is 0 Å². The van der Waals surface area contributed by atoms with Crippen LogP contribution in [0.1, 0.15) is 35.6 Å². The molecule has 0 aromatic carbocycles. The van der Waals surface area contributed by atoms with Crippen LogP contribution in [0.2, 0.25) is 0 Å². The van der Waals surface area contributed by atoms with Crippen molar-refractivity contribution in [1.29, 1.82) is 0 Å². The van der Waals surface area contributed by atoms with E-state index in [2.05, 4.69) is 6.08 Å². The van der Waals surface area contributed by atoms with Crippen molar-refractivity contribution < 1.29 is 9.21 Å². The predicted molar refractivity (Wildman–Crippen MR) is 45.9 cm³/mol. The maximum absolute atomic E-state index is 10.3. The molecule has 0 saturated heterocycles. The van der Waals surface area contributed by atoms with Crippen LogP contribution in [0.15, 0.2) is 22.6 Å². The average molecular weight is 162 g/mol. The van der Waals surface area contributed by atoms with Crippen molar-refractivity contribution in [3.05, 3.63) is 29.7 Å². The quantitative estimate of drug-likeness (QED) is 0.626. The summed E-state index contributed by atoms with van der Waals surface area (Å²) in [6.07, 6.45) is 6.32. The Labute approximate surface area is 70.9 Å². The van der Waals surface area contributed by atoms with Crippen molar-refractivity contribution in [3.8, 4) is 0 Å². The first-order valence-electron chi connectivity index (χ1n) is 4.14. The molecular formula is C10H10O2. The highest BCUT2D eigenvalue weighted by molar-refractivity contribution is 5.73. The van der Waals surface area contributed by atoms with Crippen LogP contribution < -0.4 is 0 Å². The van der Waals surface area contributed by atoms with Crippen LogP contribution in [0.5, 0.6) is 0 Å². The maximum atomic E-state index is 10.3. The van der Waals surface area contributed by atoms with E-state index in [0.717, 1.165) is 24.9 Å². The fourth-order valence-electron chi connectivity index (χ4n) is 1.48. The van der Waals surface area contributed by atoms with E-state index in [9.17, 15) is 4.79 Å². The zero-order valence-corrected chi connectivity index (χ0v) is 6.75. The second-order valence-electron chi connectivity index (χ2n) is 2.94. The summed E-state index contributed by atoms with van der Waals surface area (Å²) in [5.74, 6) is 1.27. The fourth-order valence-corrected chi connectivity index (χ4v) is 1.48. The summed E-state index contributed by atoms with van der Waals surface area (Å²) in [5.41, 5.74) is 1.24. The lowest BCUT2D eigenvalue weighted by Crippen LogP contribution is -1.74. The van der Waals surface area contributed by atoms with Crippen molar-refractivity contribution >= 4 is 11.9 Å². The van der Waals surface area contributed by atoms with Crippen LogP contribution in [0.25, 0.3) is 5.57 Å². The number of allylic oxidation sites excluding steroid dienone is 2. The van der Waals surface area contributed by atoms with E-state index in [-0.39, 0.29) is 0 Å². The summed E-state index contributed by atoms with van der Waals surface area (Å²) in [5, 5.41) is 0. The zero-order chi connectivity index (χ0) is 8.39. The van der Waals surface area contributed by atoms with Gasteiger partial charge in [0.15, 0.2) is 12.0 Å². The molecule has 2 heteroatoms. The molecule has 1 aromatic rings. The maximum Gasteiger partial charge on any atom is 0.185 e. The lowest BCUT2D eigenvalue weighted by Gasteiger charge is -1.93. The molecule has 2 nitrogen and oxygen atoms in total. The molecule has 1 heterocycles. The third-order valence-corrected chi connectivity index (χ3v) is 2.10. The standard InChI is InChI=1S/C10H10O2/c11-7-9-5-6-10(12-9)8-3-1-2-4-8/h3,5-7H,1-2,4H2. The van der Waals surface area contributed by atoms with Gasteiger partial charge < -0.3 is 4.42 Å². The number of furan rings is 1. The highest BCUT2D eigenvalue weighted by Crippen LogP contribution is 2.28. The van der Waals surface area contributed by atoms with E-state index in [1.54, 1.807) is 6.07 Å². The Bertz CT molecular complexity index is 320. The predicted octanol–water partition coefficient (Wildman–Crippen LogP) is 2.66. The Balaban J connectivity index is 2.27. The van der Waals surface area contributed by atoms with Crippen LogP contribution >= 0.6 is 0 Å². The number of rotatable bonds is 2. The first-order valence-corrected chi connectivity index (χ1v) is 4.14. The molecule has 0 spiro atoms. The molecule has 12 heavy (non-hydrogen) atoms. The minimum Gasteiger partial charge on any atom is -0.454 e. The Hall–Kier alpha value is -1.31. The summed E-state index contributed by atoms with van der Waals surface area (Å²) in [6.45, 7) is 0. The van der Waals surface area contributed by atoms with E-state index in [0.29, 0.717) is 5.76 Å². The van der Waals surface area contributed by atoms with Gasteiger partial charge in [-0.15, -0.1) is 0 Å². The molecule has 0 unspecified atom stereocenters. The van der Waals surface area contributed by atoms with Crippen molar-refractivity contribution in [2.75, 3.05) is 0 Å². The van der Waals surface area contributed by atoms with Gasteiger partial charge in [-0.2, -0.15) is 0 Å². The molecule has 0 saturated carbocycles. The zero-order valence-electron chi connectivity index (χ0n) is 6.75. The molecule has 0 radical (unpaired) electrons. The molecule has 0 bridgehead atoms. The first kappa shape index (κ1) is 7.35. The van der Waals surface area contributed by atoms with Gasteiger partial charge >= 0.3 is 0 Å². The Morgan fingerprint density at radius 3 is 2.92 bits per heavy atom. The second kappa shape index (κ2) is 2.97. The molecule has 2 rings (SSSR count). The highest BCUT2D eigenvalue weighted by Gasteiger charge is 2.10. The summed E-state index contributed by atoms with van der Waals surface area (Å²) in [6, 6.07) is 3.57. The molecule has 62 valence electrons. The minimum atomic E-state index is 0.415. The van der Waals surface area contributed by atoms with E-state index < -0.39 is 0 Å². The van der Waals surface area contributed by atoms with Crippen molar-refractivity contribution in [2.45, 2.75) is 19.3 Å². The number of hydrogen-bond acceptors (Lipinski definition) is 2. The molecule has 0 fully saturated rings. The minimum absolute atomic E-state index is 0.415. The number of aldehydes is 1. The van der Waals surface area contributed by atoms with Gasteiger partial charge in [-0.05, 0) is 37.0 Å². The van der Waals surface area contributed by atoms with E-state index in [1.165, 1.54) is 12.0 Å². The third-order valence-electron chi connectivity index (χ3n) is 2.10. The van der Waals surface area contributed by atoms with Crippen LogP contribution in [-0.4, -0.2) is 6.29 Å². The van der Waals surface area contributed by atoms with Gasteiger partial charge in [0.25, 0.3) is 0 Å². The lowest BCUT2D eigenvalue weighted by atomic mass is 10.2. The first-order chi connectivity index (χ1) is 5.90. The van der Waals surface area contributed by atoms with Gasteiger partial charge in [0.1, 0.15) is 5.76 Å². The van der Waals surface area contributed by atoms with Crippen LogP contribution in [-0.2, 0) is 0 Å². The third kappa shape index (κ3) is 1.20. The smallest absolute Gasteiger partial charge is 0.185 e. The fraction of sp³-hybridized carbons (Fsp3) is 0.300. The molecule has 1 aliphatic rings. The summed E-state index contributed by atoms with van der Waals surface area (Å²) in [7, 11) is 0. The Morgan fingerprint density at radius 1 is 1.42 bits per heavy atom. The largest absolute Gasteiger partial charge is 0.454 e. The van der Waals surface area contributed by atoms with Gasteiger partial charge in [0, 0.05) is 0 Å². The highest BCUT2D eigenvalue weighted by atomic mass is 16.3. The topological polar surface area (TPSA) is 30.2 Å². The normalized spacial score (nSPS) is 16.2. The van der Waals surface area contributed by atoms with Crippen molar-refractivity contribution in [1.82, 2.24) is 0 Å². The number of carbonyl (C=O) groups is 1. The van der Waals surface area contributed by atoms with Gasteiger partial charge in [-0.25, -0.2) is 0 Å². The second-order valence-corrected chi connectivity index (χ2v) is 2.94. The van der Waals surface area contributed by atoms with Crippen LogP contribution in [0.4, 0.5) is 0 Å². The molecular weight excluding hydrogens is 152 g/mol. The van der Waals surface area contributed by atoms with Gasteiger partial charge in [-0.1, -0.05) is 6.08 Å². The molecule has 0 amide bonds. The van der Waals surface area contributed by atoms with Crippen molar-refractivity contribution in [3.63, 3.8) is 0 Å². The molecule has 1 aliphatic carbocycles. The van der Waals surface area contributed by atoms with Crippen LogP contribution in [0.3, 0.4) is 0 Å². The summed E-state index contributed by atoms with van der Waals surface area (Å²) < 4.78 is 5.28. The van der Waals surface area contributed by atoms with Crippen molar-refractivity contribution in [2.24, 2.45) is 0 Å². The van der Waals surface area contributed by atoms with E-state index in [4.69, 9.17) is 4.42 Å². The van der Waals surface area contributed by atoms with E-state index in [1.807, 2.05) is 6.07 Å². The van der Waals surface area contributed by atoms with E-state index >= 15 is 0 Å². The monoisotopic (exact) mass is 162 g/mol. The molecule has 0 N–H and O–H groups in total. The molecule has 1 aromatic heterocycles. The lowest BCUT2D eigenvalue weighted by molar-refractivity contribution is 0.110. The number of hydrogen-bond donors (Lipinski definition) is 0. The Kier molecular flexibility index (Phi) is 1.82. The molecule has 0 atom stereocenters. The van der Waals surface area contributed by atoms with Gasteiger partial charge in [-0.3, -0.25) is 4.79 Å². The SMILES string of the molecule is O=Cc1ccc(C2=CCCC2)o1.